The quantitative estimate of drug-likeness (QED) is 0.393. The standard InChI is InChI=1S/C16H25N3O3S.HI/c1-4-17-16(19-14-7-8-23(20,21)11-14)18-10-13-6-5-12(2)15(9-13)22-3;/h5-6,9,14H,4,7-8,10-11H2,1-3H3,(H2,17,18,19);1H. The fourth-order valence-electron chi connectivity index (χ4n) is 2.56. The molecule has 1 aromatic carbocycles. The molecule has 24 heavy (non-hydrogen) atoms. The molecule has 136 valence electrons. The molecule has 1 atom stereocenters. The molecule has 0 radical (unpaired) electrons. The first kappa shape index (κ1) is 21.0. The maximum atomic E-state index is 11.5. The van der Waals surface area contributed by atoms with Crippen molar-refractivity contribution in [1.29, 1.82) is 0 Å². The Kier molecular flexibility index (Phi) is 8.28. The van der Waals surface area contributed by atoms with Gasteiger partial charge in [0, 0.05) is 12.6 Å². The van der Waals surface area contributed by atoms with Crippen molar-refractivity contribution in [2.45, 2.75) is 32.9 Å². The molecule has 8 heteroatoms. The highest BCUT2D eigenvalue weighted by Crippen LogP contribution is 2.19. The van der Waals surface area contributed by atoms with Crippen LogP contribution in [0.2, 0.25) is 0 Å². The number of hydrogen-bond acceptors (Lipinski definition) is 4. The van der Waals surface area contributed by atoms with Gasteiger partial charge in [-0.3, -0.25) is 0 Å². The normalized spacial score (nSPS) is 19.5. The second-order valence-corrected chi connectivity index (χ2v) is 7.97. The highest BCUT2D eigenvalue weighted by molar-refractivity contribution is 14.0. The molecule has 1 fully saturated rings. The molecule has 1 aliphatic rings. The van der Waals surface area contributed by atoms with Crippen molar-refractivity contribution in [3.05, 3.63) is 29.3 Å². The second-order valence-electron chi connectivity index (χ2n) is 5.74. The Hall–Kier alpha value is -1.03. The van der Waals surface area contributed by atoms with E-state index in [2.05, 4.69) is 15.6 Å². The van der Waals surface area contributed by atoms with Gasteiger partial charge in [-0.25, -0.2) is 13.4 Å². The van der Waals surface area contributed by atoms with E-state index in [9.17, 15) is 8.42 Å². The molecule has 0 aromatic heterocycles. The summed E-state index contributed by atoms with van der Waals surface area (Å²) in [6.07, 6.45) is 0.630. The first-order valence-corrected chi connectivity index (χ1v) is 9.64. The van der Waals surface area contributed by atoms with Gasteiger partial charge in [0.25, 0.3) is 0 Å². The molecule has 6 nitrogen and oxygen atoms in total. The molecule has 0 bridgehead atoms. The average Bonchev–Trinajstić information content (AvgIpc) is 2.85. The van der Waals surface area contributed by atoms with Crippen LogP contribution < -0.4 is 15.4 Å². The van der Waals surface area contributed by atoms with E-state index in [4.69, 9.17) is 4.74 Å². The Morgan fingerprint density at radius 2 is 2.17 bits per heavy atom. The molecule has 1 heterocycles. The molecule has 1 aliphatic heterocycles. The van der Waals surface area contributed by atoms with Gasteiger partial charge in [-0.15, -0.1) is 24.0 Å². The van der Waals surface area contributed by atoms with Gasteiger partial charge >= 0.3 is 0 Å². The van der Waals surface area contributed by atoms with Gasteiger partial charge in [-0.1, -0.05) is 12.1 Å². The summed E-state index contributed by atoms with van der Waals surface area (Å²) >= 11 is 0. The van der Waals surface area contributed by atoms with Crippen molar-refractivity contribution < 1.29 is 13.2 Å². The number of guanidine groups is 1. The van der Waals surface area contributed by atoms with Crippen LogP contribution in [-0.4, -0.2) is 45.6 Å². The number of nitrogens with one attached hydrogen (secondary N) is 2. The van der Waals surface area contributed by atoms with Gasteiger partial charge in [0.15, 0.2) is 15.8 Å². The number of halogens is 1. The van der Waals surface area contributed by atoms with Crippen molar-refractivity contribution in [3.63, 3.8) is 0 Å². The van der Waals surface area contributed by atoms with E-state index in [0.29, 0.717) is 18.9 Å². The van der Waals surface area contributed by atoms with E-state index in [1.807, 2.05) is 32.0 Å². The highest BCUT2D eigenvalue weighted by atomic mass is 127. The molecular formula is C16H26IN3O3S. The van der Waals surface area contributed by atoms with Crippen LogP contribution in [-0.2, 0) is 16.4 Å². The Labute approximate surface area is 161 Å². The number of methoxy groups -OCH3 is 1. The third kappa shape index (κ3) is 6.12. The zero-order chi connectivity index (χ0) is 16.9. The predicted octanol–water partition coefficient (Wildman–Crippen LogP) is 1.86. The Balaban J connectivity index is 0.00000288. The number of sulfone groups is 1. The molecule has 2 rings (SSSR count). The van der Waals surface area contributed by atoms with E-state index in [0.717, 1.165) is 23.4 Å². The summed E-state index contributed by atoms with van der Waals surface area (Å²) in [5, 5.41) is 6.37. The maximum Gasteiger partial charge on any atom is 0.191 e. The van der Waals surface area contributed by atoms with E-state index >= 15 is 0 Å². The number of rotatable bonds is 5. The van der Waals surface area contributed by atoms with Crippen LogP contribution in [0.4, 0.5) is 0 Å². The van der Waals surface area contributed by atoms with Crippen LogP contribution in [0.5, 0.6) is 5.75 Å². The predicted molar refractivity (Wildman–Crippen MR) is 108 cm³/mol. The van der Waals surface area contributed by atoms with Crippen LogP contribution >= 0.6 is 24.0 Å². The Morgan fingerprint density at radius 1 is 1.42 bits per heavy atom. The van der Waals surface area contributed by atoms with Crippen molar-refractivity contribution in [2.24, 2.45) is 4.99 Å². The van der Waals surface area contributed by atoms with Gasteiger partial charge in [-0.2, -0.15) is 0 Å². The number of aryl methyl sites for hydroxylation is 1. The summed E-state index contributed by atoms with van der Waals surface area (Å²) in [4.78, 5) is 4.54. The summed E-state index contributed by atoms with van der Waals surface area (Å²) in [6, 6.07) is 5.94. The molecule has 1 saturated heterocycles. The molecule has 0 amide bonds. The number of hydrogen-bond donors (Lipinski definition) is 2. The Bertz CT molecular complexity index is 677. The molecule has 0 aliphatic carbocycles. The first-order chi connectivity index (χ1) is 10.9. The van der Waals surface area contributed by atoms with Gasteiger partial charge < -0.3 is 15.4 Å². The number of nitrogens with zero attached hydrogens (tertiary/aromatic N) is 1. The number of aliphatic imine (C=N–C) groups is 1. The van der Waals surface area contributed by atoms with Gasteiger partial charge in [0.1, 0.15) is 5.75 Å². The zero-order valence-corrected chi connectivity index (χ0v) is 17.5. The minimum absolute atomic E-state index is 0. The summed E-state index contributed by atoms with van der Waals surface area (Å²) in [7, 11) is -1.24. The van der Waals surface area contributed by atoms with Gasteiger partial charge in [-0.05, 0) is 37.5 Å². The smallest absolute Gasteiger partial charge is 0.191 e. The highest BCUT2D eigenvalue weighted by Gasteiger charge is 2.28. The molecule has 1 aromatic rings. The third-order valence-electron chi connectivity index (χ3n) is 3.81. The first-order valence-electron chi connectivity index (χ1n) is 7.82. The van der Waals surface area contributed by atoms with Crippen molar-refractivity contribution >= 4 is 39.8 Å². The van der Waals surface area contributed by atoms with E-state index < -0.39 is 9.84 Å². The number of benzene rings is 1. The van der Waals surface area contributed by atoms with Crippen LogP contribution in [0.1, 0.15) is 24.5 Å². The van der Waals surface area contributed by atoms with Crippen molar-refractivity contribution in [3.8, 4) is 5.75 Å². The van der Waals surface area contributed by atoms with E-state index in [1.165, 1.54) is 0 Å². The number of ether oxygens (including phenoxy) is 1. The van der Waals surface area contributed by atoms with Crippen molar-refractivity contribution in [1.82, 2.24) is 10.6 Å². The monoisotopic (exact) mass is 467 g/mol. The minimum atomic E-state index is -2.90. The van der Waals surface area contributed by atoms with E-state index in [-0.39, 0.29) is 41.5 Å². The lowest BCUT2D eigenvalue weighted by molar-refractivity contribution is 0.411. The largest absolute Gasteiger partial charge is 0.496 e. The summed E-state index contributed by atoms with van der Waals surface area (Å²) in [6.45, 7) is 5.21. The molecule has 0 saturated carbocycles. The van der Waals surface area contributed by atoms with Crippen LogP contribution in [0, 0.1) is 6.92 Å². The molecule has 1 unspecified atom stereocenters. The molecule has 2 N–H and O–H groups in total. The van der Waals surface area contributed by atoms with Crippen molar-refractivity contribution in [2.75, 3.05) is 25.2 Å². The van der Waals surface area contributed by atoms with Crippen LogP contribution in [0.25, 0.3) is 0 Å². The van der Waals surface area contributed by atoms with E-state index in [1.54, 1.807) is 7.11 Å². The Morgan fingerprint density at radius 3 is 2.75 bits per heavy atom. The fraction of sp³-hybridized carbons (Fsp3) is 0.562. The second kappa shape index (κ2) is 9.45. The minimum Gasteiger partial charge on any atom is -0.496 e. The van der Waals surface area contributed by atoms with Gasteiger partial charge in [0.05, 0.1) is 25.2 Å². The third-order valence-corrected chi connectivity index (χ3v) is 5.58. The maximum absolute atomic E-state index is 11.5. The fourth-order valence-corrected chi connectivity index (χ4v) is 4.23. The molecule has 0 spiro atoms. The lowest BCUT2D eigenvalue weighted by atomic mass is 10.1. The zero-order valence-electron chi connectivity index (χ0n) is 14.3. The lowest BCUT2D eigenvalue weighted by Gasteiger charge is -2.16. The van der Waals surface area contributed by atoms with Gasteiger partial charge in [0.2, 0.25) is 0 Å². The average molecular weight is 467 g/mol. The molecular weight excluding hydrogens is 441 g/mol. The lowest BCUT2D eigenvalue weighted by Crippen LogP contribution is -2.44. The topological polar surface area (TPSA) is 79.8 Å². The van der Waals surface area contributed by atoms with Crippen LogP contribution in [0.15, 0.2) is 23.2 Å². The summed E-state index contributed by atoms with van der Waals surface area (Å²) in [5.74, 6) is 1.92. The summed E-state index contributed by atoms with van der Waals surface area (Å²) in [5.41, 5.74) is 2.13. The summed E-state index contributed by atoms with van der Waals surface area (Å²) < 4.78 is 28.4. The van der Waals surface area contributed by atoms with Crippen LogP contribution in [0.3, 0.4) is 0 Å². The SMILES string of the molecule is CCNC(=NCc1ccc(C)c(OC)c1)NC1CCS(=O)(=O)C1.I.